The summed E-state index contributed by atoms with van der Waals surface area (Å²) in [6, 6.07) is 8.21. The highest BCUT2D eigenvalue weighted by molar-refractivity contribution is 5.92. The first-order chi connectivity index (χ1) is 13.6. The lowest BCUT2D eigenvalue weighted by atomic mass is 9.99. The molecule has 1 N–H and O–H groups in total. The molecule has 0 spiro atoms. The van der Waals surface area contributed by atoms with E-state index >= 15 is 0 Å². The minimum atomic E-state index is 0.0153. The second-order valence-corrected chi connectivity index (χ2v) is 8.64. The summed E-state index contributed by atoms with van der Waals surface area (Å²) in [5, 5.41) is 3.01. The first-order valence-electron chi connectivity index (χ1n) is 10.7. The molecule has 3 fully saturated rings. The summed E-state index contributed by atoms with van der Waals surface area (Å²) in [6.45, 7) is 7.97. The molecule has 4 rings (SSSR count). The van der Waals surface area contributed by atoms with Gasteiger partial charge in [0.1, 0.15) is 0 Å². The molecule has 1 saturated carbocycles. The van der Waals surface area contributed by atoms with Gasteiger partial charge in [0, 0.05) is 56.6 Å². The molecule has 0 atom stereocenters. The molecule has 6 heteroatoms. The van der Waals surface area contributed by atoms with Crippen molar-refractivity contribution in [1.82, 2.24) is 9.80 Å². The van der Waals surface area contributed by atoms with E-state index in [4.69, 9.17) is 0 Å². The summed E-state index contributed by atoms with van der Waals surface area (Å²) in [7, 11) is 0. The number of hydrogen-bond acceptors (Lipinski definition) is 4. The van der Waals surface area contributed by atoms with Gasteiger partial charge >= 0.3 is 0 Å². The lowest BCUT2D eigenvalue weighted by Crippen LogP contribution is -2.50. The topological polar surface area (TPSA) is 55.9 Å². The fourth-order valence-electron chi connectivity index (χ4n) is 4.14. The lowest BCUT2D eigenvalue weighted by Gasteiger charge is -2.34. The van der Waals surface area contributed by atoms with Crippen LogP contribution in [0.3, 0.4) is 0 Å². The maximum absolute atomic E-state index is 12.4. The number of nitrogens with zero attached hydrogens (tertiary/aromatic N) is 3. The molecule has 2 heterocycles. The van der Waals surface area contributed by atoms with Crippen LogP contribution in [0.25, 0.3) is 0 Å². The summed E-state index contributed by atoms with van der Waals surface area (Å²) in [4.78, 5) is 31.0. The molecule has 1 aromatic carbocycles. The van der Waals surface area contributed by atoms with E-state index in [1.807, 2.05) is 17.0 Å². The Morgan fingerprint density at radius 1 is 0.929 bits per heavy atom. The van der Waals surface area contributed by atoms with Gasteiger partial charge in [-0.05, 0) is 55.9 Å². The van der Waals surface area contributed by atoms with Crippen molar-refractivity contribution < 1.29 is 9.59 Å². The van der Waals surface area contributed by atoms with Gasteiger partial charge in [0.15, 0.2) is 0 Å². The summed E-state index contributed by atoms with van der Waals surface area (Å²) in [5.41, 5.74) is 2.09. The average molecular weight is 385 g/mol. The number of hydrogen-bond donors (Lipinski definition) is 1. The minimum absolute atomic E-state index is 0.0153. The van der Waals surface area contributed by atoms with E-state index < -0.39 is 0 Å². The number of nitrogens with one attached hydrogen (secondary N) is 1. The number of piperazine rings is 1. The van der Waals surface area contributed by atoms with Gasteiger partial charge in [-0.2, -0.15) is 0 Å². The quantitative estimate of drug-likeness (QED) is 0.847. The summed E-state index contributed by atoms with van der Waals surface area (Å²) in [5.74, 6) is 1.43. The Labute approximate surface area is 167 Å². The van der Waals surface area contributed by atoms with Gasteiger partial charge in [-0.25, -0.2) is 0 Å². The van der Waals surface area contributed by atoms with Crippen LogP contribution in [-0.2, 0) is 9.59 Å². The van der Waals surface area contributed by atoms with Crippen molar-refractivity contribution in [3.63, 3.8) is 0 Å². The molecule has 0 radical (unpaired) electrons. The molecule has 0 aromatic heterocycles. The van der Waals surface area contributed by atoms with E-state index in [2.05, 4.69) is 34.2 Å². The number of carbonyl (C=O) groups excluding carboxylic acids is 2. The number of benzene rings is 1. The van der Waals surface area contributed by atoms with Crippen molar-refractivity contribution in [1.29, 1.82) is 0 Å². The van der Waals surface area contributed by atoms with Crippen LogP contribution < -0.4 is 10.2 Å². The number of piperidine rings is 1. The summed E-state index contributed by atoms with van der Waals surface area (Å²) < 4.78 is 0. The largest absolute Gasteiger partial charge is 0.372 e. The number of anilines is 2. The van der Waals surface area contributed by atoms with Crippen molar-refractivity contribution >= 4 is 23.2 Å². The van der Waals surface area contributed by atoms with Crippen LogP contribution in [0.1, 0.15) is 32.6 Å². The minimum Gasteiger partial charge on any atom is -0.372 e. The Kier molecular flexibility index (Phi) is 5.85. The molecule has 1 aliphatic carbocycles. The molecule has 1 aromatic rings. The van der Waals surface area contributed by atoms with Gasteiger partial charge in [-0.15, -0.1) is 0 Å². The van der Waals surface area contributed by atoms with Crippen molar-refractivity contribution in [2.45, 2.75) is 32.6 Å². The molecule has 28 heavy (non-hydrogen) atoms. The third-order valence-corrected chi connectivity index (χ3v) is 6.28. The van der Waals surface area contributed by atoms with Crippen LogP contribution in [0.5, 0.6) is 0 Å². The molecule has 2 saturated heterocycles. The molecule has 2 amide bonds. The number of rotatable bonds is 5. The van der Waals surface area contributed by atoms with Crippen molar-refractivity contribution in [2.75, 3.05) is 56.0 Å². The maximum atomic E-state index is 12.4. The summed E-state index contributed by atoms with van der Waals surface area (Å²) in [6.07, 6.45) is 4.60. The van der Waals surface area contributed by atoms with Gasteiger partial charge in [0.25, 0.3) is 0 Å². The third kappa shape index (κ3) is 4.85. The van der Waals surface area contributed by atoms with Crippen LogP contribution in [0.4, 0.5) is 11.4 Å². The van der Waals surface area contributed by atoms with Gasteiger partial charge in [0.05, 0.1) is 6.54 Å². The number of amides is 2. The van der Waals surface area contributed by atoms with Crippen molar-refractivity contribution in [3.8, 4) is 0 Å². The first kappa shape index (κ1) is 19.2. The number of carbonyl (C=O) groups is 2. The Hall–Kier alpha value is -2.08. The highest BCUT2D eigenvalue weighted by Gasteiger charge is 2.34. The second kappa shape index (κ2) is 8.52. The predicted molar refractivity (Wildman–Crippen MR) is 111 cm³/mol. The highest BCUT2D eigenvalue weighted by Crippen LogP contribution is 2.31. The molecule has 3 aliphatic rings. The highest BCUT2D eigenvalue weighted by atomic mass is 16.2. The van der Waals surface area contributed by atoms with Gasteiger partial charge in [0.2, 0.25) is 11.8 Å². The third-order valence-electron chi connectivity index (χ3n) is 6.28. The fraction of sp³-hybridized carbons (Fsp3) is 0.636. The van der Waals surface area contributed by atoms with E-state index in [0.717, 1.165) is 63.7 Å². The zero-order valence-corrected chi connectivity index (χ0v) is 16.9. The zero-order chi connectivity index (χ0) is 19.5. The van der Waals surface area contributed by atoms with Crippen LogP contribution in [0, 0.1) is 11.8 Å². The van der Waals surface area contributed by atoms with E-state index in [1.165, 1.54) is 18.5 Å². The predicted octanol–water partition coefficient (Wildman–Crippen LogP) is 2.42. The van der Waals surface area contributed by atoms with Crippen LogP contribution in [-0.4, -0.2) is 67.4 Å². The Morgan fingerprint density at radius 2 is 1.57 bits per heavy atom. The fourth-order valence-corrected chi connectivity index (χ4v) is 4.14. The van der Waals surface area contributed by atoms with Gasteiger partial charge < -0.3 is 15.1 Å². The average Bonchev–Trinajstić information content (AvgIpc) is 3.55. The Balaban J connectivity index is 1.21. The summed E-state index contributed by atoms with van der Waals surface area (Å²) >= 11 is 0. The van der Waals surface area contributed by atoms with E-state index in [-0.39, 0.29) is 11.8 Å². The van der Waals surface area contributed by atoms with Gasteiger partial charge in [-0.1, -0.05) is 6.92 Å². The molecule has 152 valence electrons. The molecule has 0 unspecified atom stereocenters. The first-order valence-corrected chi connectivity index (χ1v) is 10.7. The second-order valence-electron chi connectivity index (χ2n) is 8.64. The van der Waals surface area contributed by atoms with E-state index in [1.54, 1.807) is 0 Å². The van der Waals surface area contributed by atoms with Crippen LogP contribution in [0.15, 0.2) is 24.3 Å². The monoisotopic (exact) mass is 384 g/mol. The SMILES string of the molecule is CC1CCN(c2ccc(NC(=O)CN3CCN(C(=O)C4CC4)CC3)cc2)CC1. The molecule has 6 nitrogen and oxygen atoms in total. The van der Waals surface area contributed by atoms with Crippen molar-refractivity contribution in [2.24, 2.45) is 11.8 Å². The van der Waals surface area contributed by atoms with Crippen molar-refractivity contribution in [3.05, 3.63) is 24.3 Å². The Bertz CT molecular complexity index is 685. The lowest BCUT2D eigenvalue weighted by molar-refractivity contribution is -0.134. The normalized spacial score (nSPS) is 21.6. The Morgan fingerprint density at radius 3 is 2.18 bits per heavy atom. The van der Waals surface area contributed by atoms with E-state index in [0.29, 0.717) is 12.5 Å². The standard InChI is InChI=1S/C22H32N4O2/c1-17-8-10-25(11-9-17)20-6-4-19(5-7-20)23-21(27)16-24-12-14-26(15-13-24)22(28)18-2-3-18/h4-7,17-18H,2-3,8-16H2,1H3,(H,23,27). The smallest absolute Gasteiger partial charge is 0.238 e. The van der Waals surface area contributed by atoms with Crippen LogP contribution in [0.2, 0.25) is 0 Å². The zero-order valence-electron chi connectivity index (χ0n) is 16.9. The van der Waals surface area contributed by atoms with E-state index in [9.17, 15) is 9.59 Å². The molecular formula is C22H32N4O2. The maximum Gasteiger partial charge on any atom is 0.238 e. The molecule has 0 bridgehead atoms. The molecular weight excluding hydrogens is 352 g/mol. The molecule has 2 aliphatic heterocycles. The van der Waals surface area contributed by atoms with Crippen LogP contribution >= 0.6 is 0 Å². The van der Waals surface area contributed by atoms with Gasteiger partial charge in [-0.3, -0.25) is 14.5 Å².